The Hall–Kier alpha value is -1.56. The molecule has 0 N–H and O–H groups in total. The monoisotopic (exact) mass is 475 g/mol. The molecule has 0 aromatic heterocycles. The van der Waals surface area contributed by atoms with E-state index < -0.39 is 31.8 Å². The minimum Gasteiger partial charge on any atom is -0.341 e. The van der Waals surface area contributed by atoms with Gasteiger partial charge in [-0.3, -0.25) is 4.79 Å². The number of halogens is 1. The molecule has 8 nitrogen and oxygen atoms in total. The fourth-order valence-corrected chi connectivity index (χ4v) is 7.21. The van der Waals surface area contributed by atoms with Gasteiger partial charge in [0.2, 0.25) is 26.0 Å². The molecule has 3 rings (SSSR count). The Morgan fingerprint density at radius 2 is 1.65 bits per heavy atom. The predicted octanol–water partition coefficient (Wildman–Crippen LogP) is 1.50. The first-order chi connectivity index (χ1) is 14.6. The van der Waals surface area contributed by atoms with Gasteiger partial charge in [-0.05, 0) is 49.9 Å². The van der Waals surface area contributed by atoms with E-state index in [2.05, 4.69) is 0 Å². The number of hydrogen-bond acceptors (Lipinski definition) is 5. The lowest BCUT2D eigenvalue weighted by molar-refractivity contribution is -0.136. The smallest absolute Gasteiger partial charge is 0.243 e. The van der Waals surface area contributed by atoms with Crippen molar-refractivity contribution in [1.82, 2.24) is 13.5 Å². The summed E-state index contributed by atoms with van der Waals surface area (Å²) in [6.07, 6.45) is 2.28. The average molecular weight is 476 g/mol. The van der Waals surface area contributed by atoms with Gasteiger partial charge in [-0.15, -0.1) is 0 Å². The number of piperidine rings is 1. The average Bonchev–Trinajstić information content (AvgIpc) is 3.00. The molecular weight excluding hydrogens is 445 g/mol. The maximum atomic E-state index is 13.1. The third kappa shape index (κ3) is 5.63. The second kappa shape index (κ2) is 9.93. The fraction of sp³-hybridized carbons (Fsp3) is 0.650. The highest BCUT2D eigenvalue weighted by molar-refractivity contribution is 7.89. The van der Waals surface area contributed by atoms with E-state index >= 15 is 0 Å². The summed E-state index contributed by atoms with van der Waals surface area (Å²) in [6.45, 7) is 3.53. The molecule has 1 amide bonds. The molecule has 11 heteroatoms. The highest BCUT2D eigenvalue weighted by atomic mass is 32.2. The molecule has 0 saturated carbocycles. The Kier molecular flexibility index (Phi) is 7.72. The maximum Gasteiger partial charge on any atom is 0.243 e. The fourth-order valence-electron chi connectivity index (χ4n) is 4.15. The number of nitrogens with zero attached hydrogens (tertiary/aromatic N) is 3. The van der Waals surface area contributed by atoms with Crippen molar-refractivity contribution in [3.8, 4) is 0 Å². The van der Waals surface area contributed by atoms with Gasteiger partial charge in [-0.25, -0.2) is 25.5 Å². The van der Waals surface area contributed by atoms with Crippen molar-refractivity contribution in [3.05, 3.63) is 30.1 Å². The lowest BCUT2D eigenvalue weighted by Gasteiger charge is -2.34. The second-order valence-corrected chi connectivity index (χ2v) is 12.1. The molecule has 2 fully saturated rings. The van der Waals surface area contributed by atoms with Crippen LogP contribution in [0.3, 0.4) is 0 Å². The normalized spacial score (nSPS) is 22.3. The highest BCUT2D eigenvalue weighted by Crippen LogP contribution is 2.24. The summed E-state index contributed by atoms with van der Waals surface area (Å²) in [7, 11) is -7.12. The van der Waals surface area contributed by atoms with E-state index in [4.69, 9.17) is 0 Å². The van der Waals surface area contributed by atoms with E-state index in [1.54, 1.807) is 4.90 Å². The first-order valence-electron chi connectivity index (χ1n) is 10.7. The van der Waals surface area contributed by atoms with Crippen molar-refractivity contribution in [2.24, 2.45) is 5.92 Å². The van der Waals surface area contributed by atoms with Crippen LogP contribution in [0.4, 0.5) is 4.39 Å². The number of amides is 1. The predicted molar refractivity (Wildman–Crippen MR) is 115 cm³/mol. The summed E-state index contributed by atoms with van der Waals surface area (Å²) in [4.78, 5) is 14.8. The Morgan fingerprint density at radius 3 is 2.32 bits per heavy atom. The van der Waals surface area contributed by atoms with Crippen molar-refractivity contribution in [3.63, 3.8) is 0 Å². The van der Waals surface area contributed by atoms with Crippen molar-refractivity contribution in [2.75, 3.05) is 45.0 Å². The minimum absolute atomic E-state index is 0.0257. The van der Waals surface area contributed by atoms with Crippen molar-refractivity contribution in [2.45, 2.75) is 37.5 Å². The van der Waals surface area contributed by atoms with Crippen molar-refractivity contribution < 1.29 is 26.0 Å². The van der Waals surface area contributed by atoms with E-state index in [9.17, 15) is 26.0 Å². The molecule has 0 radical (unpaired) electrons. The lowest BCUT2D eigenvalue weighted by atomic mass is 9.98. The minimum atomic E-state index is -3.77. The molecular formula is C20H30FN3O5S2. The van der Waals surface area contributed by atoms with E-state index in [0.29, 0.717) is 38.8 Å². The van der Waals surface area contributed by atoms with Gasteiger partial charge in [0.1, 0.15) is 5.82 Å². The van der Waals surface area contributed by atoms with Crippen LogP contribution in [0.25, 0.3) is 0 Å². The van der Waals surface area contributed by atoms with Gasteiger partial charge in [0.25, 0.3) is 0 Å². The summed E-state index contributed by atoms with van der Waals surface area (Å²) in [6, 6.07) is 4.71. The molecule has 1 unspecified atom stereocenters. The van der Waals surface area contributed by atoms with E-state index in [-0.39, 0.29) is 42.7 Å². The number of hydrogen-bond donors (Lipinski definition) is 0. The number of benzene rings is 1. The molecule has 2 aliphatic rings. The van der Waals surface area contributed by atoms with Gasteiger partial charge in [0, 0.05) is 39.3 Å². The number of carbonyl (C=O) groups excluding carboxylic acids is 1. The van der Waals surface area contributed by atoms with Crippen LogP contribution >= 0.6 is 0 Å². The third-order valence-corrected chi connectivity index (χ3v) is 9.76. The lowest BCUT2D eigenvalue weighted by Crippen LogP contribution is -2.48. The van der Waals surface area contributed by atoms with Gasteiger partial charge in [-0.2, -0.15) is 4.31 Å². The molecule has 0 aliphatic carbocycles. The molecule has 31 heavy (non-hydrogen) atoms. The largest absolute Gasteiger partial charge is 0.341 e. The Bertz CT molecular complexity index is 983. The van der Waals surface area contributed by atoms with Crippen LogP contribution in [0.2, 0.25) is 0 Å². The Morgan fingerprint density at radius 1 is 0.968 bits per heavy atom. The first kappa shape index (κ1) is 24.1. The zero-order chi connectivity index (χ0) is 22.6. The number of rotatable bonds is 6. The Labute approximate surface area is 184 Å². The molecule has 2 saturated heterocycles. The highest BCUT2D eigenvalue weighted by Gasteiger charge is 2.35. The summed E-state index contributed by atoms with van der Waals surface area (Å²) in [5.41, 5.74) is 0. The van der Waals surface area contributed by atoms with E-state index in [1.165, 1.54) is 20.7 Å². The van der Waals surface area contributed by atoms with Gasteiger partial charge >= 0.3 is 0 Å². The summed E-state index contributed by atoms with van der Waals surface area (Å²) < 4.78 is 66.4. The van der Waals surface area contributed by atoms with Crippen molar-refractivity contribution >= 4 is 26.0 Å². The zero-order valence-corrected chi connectivity index (χ0v) is 19.4. The standard InChI is InChI=1S/C20H30FN3O5S2/c1-2-15-30(26,27)24-11-3-5-17(16-24)20(25)22-10-4-12-23(14-13-22)31(28,29)19-8-6-18(21)7-9-19/h6-9,17H,2-5,10-16H2,1H3. The van der Waals surface area contributed by atoms with Gasteiger partial charge in [0.05, 0.1) is 16.6 Å². The Balaban J connectivity index is 1.65. The first-order valence-corrected chi connectivity index (χ1v) is 13.7. The quantitative estimate of drug-likeness (QED) is 0.621. The second-order valence-electron chi connectivity index (χ2n) is 8.05. The summed E-state index contributed by atoms with van der Waals surface area (Å²) in [5, 5.41) is 0. The van der Waals surface area contributed by atoms with Crippen LogP contribution in [0.5, 0.6) is 0 Å². The maximum absolute atomic E-state index is 13.1. The van der Waals surface area contributed by atoms with Gasteiger partial charge in [0.15, 0.2) is 0 Å². The topological polar surface area (TPSA) is 95.1 Å². The SMILES string of the molecule is CCCS(=O)(=O)N1CCCC(C(=O)N2CCCN(S(=O)(=O)c3ccc(F)cc3)CC2)C1. The zero-order valence-electron chi connectivity index (χ0n) is 17.7. The van der Waals surface area contributed by atoms with Gasteiger partial charge in [-0.1, -0.05) is 6.92 Å². The molecule has 1 aromatic rings. The molecule has 2 heterocycles. The third-order valence-electron chi connectivity index (χ3n) is 5.81. The molecule has 0 spiro atoms. The van der Waals surface area contributed by atoms with Crippen molar-refractivity contribution in [1.29, 1.82) is 0 Å². The number of sulfonamides is 2. The molecule has 0 bridgehead atoms. The van der Waals surface area contributed by atoms with Crippen LogP contribution in [0.15, 0.2) is 29.2 Å². The molecule has 1 aromatic carbocycles. The summed E-state index contributed by atoms with van der Waals surface area (Å²) in [5.74, 6) is -0.944. The van der Waals surface area contributed by atoms with Crippen LogP contribution < -0.4 is 0 Å². The van der Waals surface area contributed by atoms with E-state index in [0.717, 1.165) is 12.1 Å². The number of carbonyl (C=O) groups is 1. The van der Waals surface area contributed by atoms with Crippen LogP contribution in [0.1, 0.15) is 32.6 Å². The van der Waals surface area contributed by atoms with Crippen LogP contribution in [0, 0.1) is 11.7 Å². The molecule has 2 aliphatic heterocycles. The molecule has 1 atom stereocenters. The van der Waals surface area contributed by atoms with Crippen LogP contribution in [-0.2, 0) is 24.8 Å². The van der Waals surface area contributed by atoms with Crippen LogP contribution in [-0.4, -0.2) is 81.3 Å². The van der Waals surface area contributed by atoms with Gasteiger partial charge < -0.3 is 4.90 Å². The van der Waals surface area contributed by atoms with E-state index in [1.807, 2.05) is 6.92 Å². The molecule has 174 valence electrons. The summed E-state index contributed by atoms with van der Waals surface area (Å²) >= 11 is 0.